The molecule has 2 aromatic carbocycles. The third kappa shape index (κ3) is 4.45. The van der Waals surface area contributed by atoms with Crippen LogP contribution in [0.15, 0.2) is 59.4 Å². The molecule has 0 radical (unpaired) electrons. The number of rotatable bonds is 6. The minimum Gasteiger partial charge on any atom is -0.497 e. The number of carbonyl (C=O) groups excluding carboxylic acids is 1. The molecule has 0 fully saturated rings. The lowest BCUT2D eigenvalue weighted by Crippen LogP contribution is -2.33. The first-order valence-electron chi connectivity index (χ1n) is 9.12. The van der Waals surface area contributed by atoms with Crippen LogP contribution in [0.4, 0.5) is 5.69 Å². The van der Waals surface area contributed by atoms with Crippen molar-refractivity contribution in [1.82, 2.24) is 9.78 Å². The number of amides is 1. The van der Waals surface area contributed by atoms with Crippen molar-refractivity contribution in [2.24, 2.45) is 0 Å². The summed E-state index contributed by atoms with van der Waals surface area (Å²) in [7, 11) is 3.13. The third-order valence-electron chi connectivity index (χ3n) is 4.57. The number of hydrogen-bond donors (Lipinski definition) is 1. The Morgan fingerprint density at radius 1 is 1.03 bits per heavy atom. The lowest BCUT2D eigenvalue weighted by atomic mass is 10.1. The van der Waals surface area contributed by atoms with Gasteiger partial charge in [-0.3, -0.25) is 9.59 Å². The summed E-state index contributed by atoms with van der Waals surface area (Å²) in [5.74, 6) is 0.903. The average molecular weight is 393 g/mol. The van der Waals surface area contributed by atoms with Crippen molar-refractivity contribution in [2.45, 2.75) is 19.9 Å². The van der Waals surface area contributed by atoms with E-state index in [1.807, 2.05) is 43.3 Å². The third-order valence-corrected chi connectivity index (χ3v) is 4.57. The lowest BCUT2D eigenvalue weighted by Gasteiger charge is -2.17. The van der Waals surface area contributed by atoms with Gasteiger partial charge in [-0.2, -0.15) is 5.10 Å². The van der Waals surface area contributed by atoms with Gasteiger partial charge in [0.05, 0.1) is 25.6 Å². The summed E-state index contributed by atoms with van der Waals surface area (Å²) in [6.45, 7) is 3.55. The van der Waals surface area contributed by atoms with Crippen LogP contribution in [0.25, 0.3) is 11.3 Å². The van der Waals surface area contributed by atoms with E-state index in [-0.39, 0.29) is 11.5 Å². The fraction of sp³-hybridized carbons (Fsp3) is 0.227. The molecule has 0 aliphatic carbocycles. The first-order chi connectivity index (χ1) is 13.9. The molecule has 1 atom stereocenters. The molecule has 29 heavy (non-hydrogen) atoms. The monoisotopic (exact) mass is 393 g/mol. The second kappa shape index (κ2) is 8.60. The van der Waals surface area contributed by atoms with Crippen LogP contribution in [-0.4, -0.2) is 29.9 Å². The van der Waals surface area contributed by atoms with Gasteiger partial charge >= 0.3 is 0 Å². The van der Waals surface area contributed by atoms with Crippen molar-refractivity contribution in [3.63, 3.8) is 0 Å². The SMILES string of the molecule is COc1ccc(-c2ccc(=O)n(C(C)C(=O)Nc3cc(C)ccc3OC)n2)cc1. The van der Waals surface area contributed by atoms with Gasteiger partial charge < -0.3 is 14.8 Å². The standard InChI is InChI=1S/C22H23N3O4/c1-14-5-11-20(29-4)19(13-14)23-22(27)15(2)25-21(26)12-10-18(24-25)16-6-8-17(28-3)9-7-16/h5-13,15H,1-4H3,(H,23,27). The van der Waals surface area contributed by atoms with E-state index in [4.69, 9.17) is 9.47 Å². The number of methoxy groups -OCH3 is 2. The van der Waals surface area contributed by atoms with Crippen LogP contribution in [-0.2, 0) is 4.79 Å². The molecule has 0 saturated carbocycles. The van der Waals surface area contributed by atoms with Crippen molar-refractivity contribution in [3.8, 4) is 22.8 Å². The largest absolute Gasteiger partial charge is 0.497 e. The molecule has 3 rings (SSSR count). The van der Waals surface area contributed by atoms with Crippen LogP contribution >= 0.6 is 0 Å². The molecule has 1 heterocycles. The van der Waals surface area contributed by atoms with Gasteiger partial charge in [-0.25, -0.2) is 4.68 Å². The molecule has 0 spiro atoms. The molecule has 0 aliphatic heterocycles. The molecule has 1 aromatic heterocycles. The number of aryl methyl sites for hydroxylation is 1. The van der Waals surface area contributed by atoms with Gasteiger partial charge in [-0.15, -0.1) is 0 Å². The molecule has 0 bridgehead atoms. The molecule has 0 aliphatic rings. The minimum atomic E-state index is -0.814. The summed E-state index contributed by atoms with van der Waals surface area (Å²) in [5.41, 5.74) is 2.56. The molecule has 7 nitrogen and oxygen atoms in total. The van der Waals surface area contributed by atoms with Gasteiger partial charge in [0.25, 0.3) is 5.56 Å². The highest BCUT2D eigenvalue weighted by Gasteiger charge is 2.19. The van der Waals surface area contributed by atoms with Crippen molar-refractivity contribution in [3.05, 3.63) is 70.5 Å². The van der Waals surface area contributed by atoms with Gasteiger partial charge in [0, 0.05) is 11.6 Å². The number of nitrogens with one attached hydrogen (secondary N) is 1. The molecule has 3 aromatic rings. The Morgan fingerprint density at radius 2 is 1.76 bits per heavy atom. The Bertz CT molecular complexity index is 1070. The Morgan fingerprint density at radius 3 is 2.41 bits per heavy atom. The lowest BCUT2D eigenvalue weighted by molar-refractivity contribution is -0.119. The fourth-order valence-electron chi connectivity index (χ4n) is 2.89. The number of ether oxygens (including phenoxy) is 2. The zero-order valence-corrected chi connectivity index (χ0v) is 16.8. The smallest absolute Gasteiger partial charge is 0.267 e. The zero-order chi connectivity index (χ0) is 21.0. The zero-order valence-electron chi connectivity index (χ0n) is 16.8. The van der Waals surface area contributed by atoms with Crippen molar-refractivity contribution < 1.29 is 14.3 Å². The molecule has 0 saturated heterocycles. The van der Waals surface area contributed by atoms with Crippen molar-refractivity contribution in [1.29, 1.82) is 0 Å². The number of nitrogens with zero attached hydrogens (tertiary/aromatic N) is 2. The van der Waals surface area contributed by atoms with Crippen LogP contribution in [0.1, 0.15) is 18.5 Å². The summed E-state index contributed by atoms with van der Waals surface area (Å²) in [5, 5.41) is 7.21. The van der Waals surface area contributed by atoms with Gasteiger partial charge in [0.2, 0.25) is 5.91 Å². The maximum Gasteiger partial charge on any atom is 0.267 e. The highest BCUT2D eigenvalue weighted by Crippen LogP contribution is 2.26. The van der Waals surface area contributed by atoms with Gasteiger partial charge in [0.15, 0.2) is 0 Å². The first kappa shape index (κ1) is 20.1. The molecular formula is C22H23N3O4. The summed E-state index contributed by atoms with van der Waals surface area (Å²) in [6, 6.07) is 15.0. The van der Waals surface area contributed by atoms with E-state index in [2.05, 4.69) is 10.4 Å². The van der Waals surface area contributed by atoms with Gasteiger partial charge in [-0.05, 0) is 61.9 Å². The van der Waals surface area contributed by atoms with Gasteiger partial charge in [0.1, 0.15) is 17.5 Å². The normalized spacial score (nSPS) is 11.6. The second-order valence-electron chi connectivity index (χ2n) is 6.60. The molecular weight excluding hydrogens is 370 g/mol. The van der Waals surface area contributed by atoms with Crippen LogP contribution in [0.5, 0.6) is 11.5 Å². The van der Waals surface area contributed by atoms with Crippen molar-refractivity contribution in [2.75, 3.05) is 19.5 Å². The Kier molecular flexibility index (Phi) is 5.97. The van der Waals surface area contributed by atoms with E-state index in [9.17, 15) is 9.59 Å². The predicted octanol–water partition coefficient (Wildman–Crippen LogP) is 3.44. The van der Waals surface area contributed by atoms with Crippen LogP contribution in [0.3, 0.4) is 0 Å². The van der Waals surface area contributed by atoms with Crippen LogP contribution in [0, 0.1) is 6.92 Å². The predicted molar refractivity (Wildman–Crippen MR) is 112 cm³/mol. The van der Waals surface area contributed by atoms with Crippen LogP contribution < -0.4 is 20.3 Å². The fourth-order valence-corrected chi connectivity index (χ4v) is 2.89. The molecule has 1 N–H and O–H groups in total. The summed E-state index contributed by atoms with van der Waals surface area (Å²) in [6.07, 6.45) is 0. The number of anilines is 1. The number of benzene rings is 2. The van der Waals surface area contributed by atoms with E-state index in [0.717, 1.165) is 16.9 Å². The van der Waals surface area contributed by atoms with E-state index in [1.54, 1.807) is 26.2 Å². The Labute approximate surface area is 168 Å². The molecule has 150 valence electrons. The topological polar surface area (TPSA) is 82.5 Å². The van der Waals surface area contributed by atoms with E-state index < -0.39 is 6.04 Å². The highest BCUT2D eigenvalue weighted by atomic mass is 16.5. The van der Waals surface area contributed by atoms with E-state index in [0.29, 0.717) is 17.1 Å². The molecule has 7 heteroatoms. The Hall–Kier alpha value is -3.61. The van der Waals surface area contributed by atoms with Crippen molar-refractivity contribution >= 4 is 11.6 Å². The first-order valence-corrected chi connectivity index (χ1v) is 9.12. The quantitative estimate of drug-likeness (QED) is 0.694. The number of carbonyl (C=O) groups is 1. The van der Waals surface area contributed by atoms with Crippen LogP contribution in [0.2, 0.25) is 0 Å². The maximum atomic E-state index is 12.8. The van der Waals surface area contributed by atoms with E-state index in [1.165, 1.54) is 17.9 Å². The summed E-state index contributed by atoms with van der Waals surface area (Å²) >= 11 is 0. The molecule has 1 amide bonds. The average Bonchev–Trinajstić information content (AvgIpc) is 2.74. The van der Waals surface area contributed by atoms with Gasteiger partial charge in [-0.1, -0.05) is 6.07 Å². The highest BCUT2D eigenvalue weighted by molar-refractivity contribution is 5.94. The maximum absolute atomic E-state index is 12.8. The number of aromatic nitrogens is 2. The summed E-state index contributed by atoms with van der Waals surface area (Å²) in [4.78, 5) is 25.1. The summed E-state index contributed by atoms with van der Waals surface area (Å²) < 4.78 is 11.6. The van der Waals surface area contributed by atoms with E-state index >= 15 is 0 Å². The second-order valence-corrected chi connectivity index (χ2v) is 6.60. The number of hydrogen-bond acceptors (Lipinski definition) is 5. The molecule has 1 unspecified atom stereocenters. The Balaban J connectivity index is 1.88. The minimum absolute atomic E-state index is 0.360.